The highest BCUT2D eigenvalue weighted by atomic mass is 35.5. The number of hydrogen-bond acceptors (Lipinski definition) is 2. The van der Waals surface area contributed by atoms with Crippen LogP contribution in [0.25, 0.3) is 0 Å². The highest BCUT2D eigenvalue weighted by Crippen LogP contribution is 2.27. The molecule has 0 bridgehead atoms. The molecule has 2 nitrogen and oxygen atoms in total. The van der Waals surface area contributed by atoms with Gasteiger partial charge < -0.3 is 10.1 Å². The Morgan fingerprint density at radius 1 is 1.41 bits per heavy atom. The van der Waals surface area contributed by atoms with E-state index < -0.39 is 0 Å². The van der Waals surface area contributed by atoms with Gasteiger partial charge in [-0.3, -0.25) is 0 Å². The number of nitrogens with one attached hydrogen (secondary N) is 1. The Morgan fingerprint density at radius 2 is 2.18 bits per heavy atom. The van der Waals surface area contributed by atoms with E-state index in [4.69, 9.17) is 27.9 Å². The summed E-state index contributed by atoms with van der Waals surface area (Å²) in [5.74, 6) is 1.18. The molecule has 0 radical (unpaired) electrons. The third kappa shape index (κ3) is 4.38. The molecule has 0 aliphatic heterocycles. The van der Waals surface area contributed by atoms with Crippen molar-refractivity contribution in [3.8, 4) is 5.75 Å². The summed E-state index contributed by atoms with van der Waals surface area (Å²) in [5.41, 5.74) is 0. The molecule has 0 amide bonds. The molecular formula is C13H17Cl2NO. The summed E-state index contributed by atoms with van der Waals surface area (Å²) in [5, 5.41) is 4.68. The summed E-state index contributed by atoms with van der Waals surface area (Å²) in [6.07, 6.45) is 2.63. The van der Waals surface area contributed by atoms with Crippen LogP contribution in [0.2, 0.25) is 10.0 Å². The Morgan fingerprint density at radius 3 is 2.82 bits per heavy atom. The molecule has 1 aliphatic carbocycles. The van der Waals surface area contributed by atoms with E-state index in [1.54, 1.807) is 12.1 Å². The molecule has 0 saturated heterocycles. The third-order valence-electron chi connectivity index (χ3n) is 2.75. The van der Waals surface area contributed by atoms with Gasteiger partial charge in [0.2, 0.25) is 0 Å². The van der Waals surface area contributed by atoms with Crippen LogP contribution >= 0.6 is 23.2 Å². The van der Waals surface area contributed by atoms with Crippen molar-refractivity contribution in [2.45, 2.75) is 25.8 Å². The molecule has 1 aliphatic rings. The molecule has 1 saturated carbocycles. The maximum Gasteiger partial charge on any atom is 0.137 e. The van der Waals surface area contributed by atoms with E-state index in [9.17, 15) is 0 Å². The fraction of sp³-hybridized carbons (Fsp3) is 0.538. The Hall–Kier alpha value is -0.440. The molecule has 2 rings (SSSR count). The van der Waals surface area contributed by atoms with Gasteiger partial charge in [-0.1, -0.05) is 30.1 Å². The summed E-state index contributed by atoms with van der Waals surface area (Å²) >= 11 is 11.8. The van der Waals surface area contributed by atoms with Gasteiger partial charge in [0.15, 0.2) is 0 Å². The van der Waals surface area contributed by atoms with Gasteiger partial charge in [0.05, 0.1) is 11.6 Å². The average molecular weight is 274 g/mol. The van der Waals surface area contributed by atoms with Crippen LogP contribution in [0, 0.1) is 5.92 Å². The molecule has 94 valence electrons. The van der Waals surface area contributed by atoms with E-state index in [2.05, 4.69) is 12.2 Å². The van der Waals surface area contributed by atoms with Crippen LogP contribution in [-0.2, 0) is 0 Å². The van der Waals surface area contributed by atoms with Gasteiger partial charge in [-0.05, 0) is 31.0 Å². The minimum atomic E-state index is 0.474. The van der Waals surface area contributed by atoms with Gasteiger partial charge in [0, 0.05) is 23.5 Å². The van der Waals surface area contributed by atoms with E-state index in [-0.39, 0.29) is 0 Å². The maximum absolute atomic E-state index is 6.03. The molecule has 17 heavy (non-hydrogen) atoms. The van der Waals surface area contributed by atoms with Crippen molar-refractivity contribution in [2.24, 2.45) is 5.92 Å². The highest BCUT2D eigenvalue weighted by molar-refractivity contribution is 6.35. The zero-order valence-electron chi connectivity index (χ0n) is 9.88. The van der Waals surface area contributed by atoms with Crippen molar-refractivity contribution in [3.63, 3.8) is 0 Å². The molecule has 0 aromatic heterocycles. The van der Waals surface area contributed by atoms with Gasteiger partial charge in [0.25, 0.3) is 0 Å². The van der Waals surface area contributed by atoms with Gasteiger partial charge in [-0.2, -0.15) is 0 Å². The fourth-order valence-electron chi connectivity index (χ4n) is 1.54. The van der Waals surface area contributed by atoms with E-state index in [0.29, 0.717) is 28.3 Å². The van der Waals surface area contributed by atoms with Crippen LogP contribution < -0.4 is 10.1 Å². The number of halogens is 2. The van der Waals surface area contributed by atoms with Crippen molar-refractivity contribution in [2.75, 3.05) is 13.2 Å². The second-order valence-corrected chi connectivity index (χ2v) is 5.52. The monoisotopic (exact) mass is 273 g/mol. The van der Waals surface area contributed by atoms with Gasteiger partial charge in [-0.25, -0.2) is 0 Å². The highest BCUT2D eigenvalue weighted by Gasteiger charge is 2.20. The van der Waals surface area contributed by atoms with Crippen LogP contribution in [-0.4, -0.2) is 19.2 Å². The summed E-state index contributed by atoms with van der Waals surface area (Å²) in [6.45, 7) is 3.83. The lowest BCUT2D eigenvalue weighted by Gasteiger charge is -2.14. The SMILES string of the molecule is CC(CNC1CC1)COc1ccc(Cl)cc1Cl. The predicted octanol–water partition coefficient (Wildman–Crippen LogP) is 3.76. The van der Waals surface area contributed by atoms with Crippen LogP contribution in [0.5, 0.6) is 5.75 Å². The van der Waals surface area contributed by atoms with Gasteiger partial charge in [0.1, 0.15) is 5.75 Å². The first kappa shape index (κ1) is 13.0. The molecule has 0 heterocycles. The fourth-order valence-corrected chi connectivity index (χ4v) is 2.00. The topological polar surface area (TPSA) is 21.3 Å². The summed E-state index contributed by atoms with van der Waals surface area (Å²) in [7, 11) is 0. The van der Waals surface area contributed by atoms with E-state index >= 15 is 0 Å². The van der Waals surface area contributed by atoms with E-state index in [0.717, 1.165) is 12.6 Å². The number of ether oxygens (including phenoxy) is 1. The van der Waals surface area contributed by atoms with Crippen LogP contribution in [0.15, 0.2) is 18.2 Å². The van der Waals surface area contributed by atoms with Gasteiger partial charge >= 0.3 is 0 Å². The Bertz CT molecular complexity index is 380. The lowest BCUT2D eigenvalue weighted by Crippen LogP contribution is -2.26. The zero-order chi connectivity index (χ0) is 12.3. The predicted molar refractivity (Wildman–Crippen MR) is 72.1 cm³/mol. The minimum Gasteiger partial charge on any atom is -0.492 e. The first-order valence-electron chi connectivity index (χ1n) is 5.96. The molecule has 1 aromatic carbocycles. The maximum atomic E-state index is 6.03. The average Bonchev–Trinajstić information content (AvgIpc) is 3.09. The Balaban J connectivity index is 1.75. The van der Waals surface area contributed by atoms with Crippen LogP contribution in [0.1, 0.15) is 19.8 Å². The number of hydrogen-bond donors (Lipinski definition) is 1. The molecule has 0 spiro atoms. The van der Waals surface area contributed by atoms with Crippen LogP contribution in [0.3, 0.4) is 0 Å². The summed E-state index contributed by atoms with van der Waals surface area (Å²) < 4.78 is 5.68. The quantitative estimate of drug-likeness (QED) is 0.852. The van der Waals surface area contributed by atoms with Crippen molar-refractivity contribution in [3.05, 3.63) is 28.2 Å². The molecule has 4 heteroatoms. The molecule has 1 aromatic rings. The number of benzene rings is 1. The molecule has 1 unspecified atom stereocenters. The lowest BCUT2D eigenvalue weighted by molar-refractivity contribution is 0.255. The molecular weight excluding hydrogens is 257 g/mol. The molecule has 1 N–H and O–H groups in total. The largest absolute Gasteiger partial charge is 0.492 e. The standard InChI is InChI=1S/C13H17Cl2NO/c1-9(7-16-11-3-4-11)8-17-13-5-2-10(14)6-12(13)15/h2,5-6,9,11,16H,3-4,7-8H2,1H3. The van der Waals surface area contributed by atoms with E-state index in [1.807, 2.05) is 6.07 Å². The first-order valence-corrected chi connectivity index (χ1v) is 6.72. The minimum absolute atomic E-state index is 0.474. The Kier molecular flexibility index (Phi) is 4.55. The lowest BCUT2D eigenvalue weighted by atomic mass is 10.2. The smallest absolute Gasteiger partial charge is 0.137 e. The third-order valence-corrected chi connectivity index (χ3v) is 3.28. The van der Waals surface area contributed by atoms with Crippen molar-refractivity contribution in [1.82, 2.24) is 5.32 Å². The zero-order valence-corrected chi connectivity index (χ0v) is 11.4. The van der Waals surface area contributed by atoms with Crippen molar-refractivity contribution in [1.29, 1.82) is 0 Å². The summed E-state index contributed by atoms with van der Waals surface area (Å²) in [4.78, 5) is 0. The normalized spacial score (nSPS) is 16.9. The van der Waals surface area contributed by atoms with Gasteiger partial charge in [-0.15, -0.1) is 0 Å². The first-order chi connectivity index (χ1) is 8.15. The molecule has 1 atom stereocenters. The molecule has 1 fully saturated rings. The second kappa shape index (κ2) is 5.94. The van der Waals surface area contributed by atoms with Crippen molar-refractivity contribution >= 4 is 23.2 Å². The van der Waals surface area contributed by atoms with Crippen LogP contribution in [0.4, 0.5) is 0 Å². The summed E-state index contributed by atoms with van der Waals surface area (Å²) in [6, 6.07) is 6.05. The second-order valence-electron chi connectivity index (χ2n) is 4.67. The Labute approximate surface area is 112 Å². The van der Waals surface area contributed by atoms with Crippen molar-refractivity contribution < 1.29 is 4.74 Å². The number of rotatable bonds is 6. The van der Waals surface area contributed by atoms with E-state index in [1.165, 1.54) is 12.8 Å².